The molecule has 1 aliphatic heterocycles. The van der Waals surface area contributed by atoms with Gasteiger partial charge in [0.05, 0.1) is 17.3 Å². The summed E-state index contributed by atoms with van der Waals surface area (Å²) in [4.78, 5) is 19.9. The van der Waals surface area contributed by atoms with Crippen LogP contribution in [0, 0.1) is 5.95 Å². The summed E-state index contributed by atoms with van der Waals surface area (Å²) in [7, 11) is 0. The second-order valence-corrected chi connectivity index (χ2v) is 6.04. The molecule has 7 heteroatoms. The number of carbonyl (C=O) groups excluding carboxylic acids is 1. The number of nitrogens with one attached hydrogen (secondary N) is 1. The molecule has 1 N–H and O–H groups in total. The van der Waals surface area contributed by atoms with Gasteiger partial charge in [0.1, 0.15) is 0 Å². The quantitative estimate of drug-likeness (QED) is 0.863. The number of rotatable bonds is 4. The van der Waals surface area contributed by atoms with E-state index in [1.165, 1.54) is 12.3 Å². The molecule has 24 heavy (non-hydrogen) atoms. The molecule has 5 nitrogen and oxygen atoms in total. The van der Waals surface area contributed by atoms with Crippen LogP contribution < -0.4 is 10.2 Å². The first-order chi connectivity index (χ1) is 11.6. The second kappa shape index (κ2) is 7.59. The first-order valence-corrected chi connectivity index (χ1v) is 8.13. The summed E-state index contributed by atoms with van der Waals surface area (Å²) in [6, 6.07) is 10.4. The van der Waals surface area contributed by atoms with Crippen LogP contribution in [0.15, 0.2) is 42.6 Å². The fourth-order valence-electron chi connectivity index (χ4n) is 2.71. The van der Waals surface area contributed by atoms with E-state index >= 15 is 0 Å². The zero-order valence-corrected chi connectivity index (χ0v) is 13.8. The van der Waals surface area contributed by atoms with Gasteiger partial charge in [-0.3, -0.25) is 9.69 Å². The number of anilines is 2. The van der Waals surface area contributed by atoms with Crippen molar-refractivity contribution in [2.75, 3.05) is 42.9 Å². The molecule has 1 amide bonds. The predicted octanol–water partition coefficient (Wildman–Crippen LogP) is 2.63. The monoisotopic (exact) mass is 348 g/mol. The number of pyridine rings is 1. The lowest BCUT2D eigenvalue weighted by Gasteiger charge is -2.35. The molecule has 1 saturated heterocycles. The van der Waals surface area contributed by atoms with Crippen molar-refractivity contribution in [3.05, 3.63) is 53.6 Å². The Hall–Kier alpha value is -2.18. The summed E-state index contributed by atoms with van der Waals surface area (Å²) in [6.07, 6.45) is 1.47. The minimum absolute atomic E-state index is 0.0912. The Bertz CT molecular complexity index is 719. The van der Waals surface area contributed by atoms with Crippen LogP contribution in [0.2, 0.25) is 5.02 Å². The third-order valence-corrected chi connectivity index (χ3v) is 4.29. The third kappa shape index (κ3) is 4.21. The molecule has 0 atom stereocenters. The lowest BCUT2D eigenvalue weighted by atomic mass is 10.2. The van der Waals surface area contributed by atoms with Crippen molar-refractivity contribution in [3.8, 4) is 0 Å². The zero-order chi connectivity index (χ0) is 16.9. The van der Waals surface area contributed by atoms with Gasteiger partial charge >= 0.3 is 0 Å². The van der Waals surface area contributed by atoms with Gasteiger partial charge in [0.15, 0.2) is 0 Å². The number of para-hydroxylation sites is 1. The largest absolute Gasteiger partial charge is 0.369 e. The fourth-order valence-corrected chi connectivity index (χ4v) is 2.89. The molecular formula is C17H18ClFN4O. The fraction of sp³-hybridized carbons (Fsp3) is 0.294. The van der Waals surface area contributed by atoms with E-state index in [4.69, 9.17) is 11.6 Å². The minimum atomic E-state index is -0.478. The number of benzene rings is 1. The van der Waals surface area contributed by atoms with E-state index in [9.17, 15) is 9.18 Å². The van der Waals surface area contributed by atoms with E-state index in [0.29, 0.717) is 17.3 Å². The summed E-state index contributed by atoms with van der Waals surface area (Å²) in [6.45, 7) is 3.26. The molecule has 2 heterocycles. The Balaban J connectivity index is 1.50. The highest BCUT2D eigenvalue weighted by atomic mass is 35.5. The Labute approximate surface area is 145 Å². The third-order valence-electron chi connectivity index (χ3n) is 3.96. The maximum absolute atomic E-state index is 13.2. The van der Waals surface area contributed by atoms with Crippen molar-refractivity contribution in [1.82, 2.24) is 9.88 Å². The number of aromatic nitrogens is 1. The Morgan fingerprint density at radius 1 is 1.21 bits per heavy atom. The molecule has 0 aliphatic carbocycles. The lowest BCUT2D eigenvalue weighted by Crippen LogP contribution is -2.48. The van der Waals surface area contributed by atoms with E-state index in [0.717, 1.165) is 31.9 Å². The summed E-state index contributed by atoms with van der Waals surface area (Å²) in [5.74, 6) is -0.569. The Morgan fingerprint density at radius 2 is 1.96 bits per heavy atom. The van der Waals surface area contributed by atoms with E-state index in [-0.39, 0.29) is 5.91 Å². The van der Waals surface area contributed by atoms with Gasteiger partial charge in [0, 0.05) is 44.1 Å². The first-order valence-electron chi connectivity index (χ1n) is 7.75. The Kier molecular flexibility index (Phi) is 5.27. The van der Waals surface area contributed by atoms with Gasteiger partial charge in [0.25, 0.3) is 0 Å². The van der Waals surface area contributed by atoms with Crippen LogP contribution in [0.4, 0.5) is 15.8 Å². The van der Waals surface area contributed by atoms with E-state index in [1.807, 2.05) is 12.1 Å². The molecular weight excluding hydrogens is 331 g/mol. The molecule has 126 valence electrons. The normalized spacial score (nSPS) is 15.3. The minimum Gasteiger partial charge on any atom is -0.369 e. The van der Waals surface area contributed by atoms with Crippen LogP contribution in [0.3, 0.4) is 0 Å². The van der Waals surface area contributed by atoms with Crippen LogP contribution >= 0.6 is 11.6 Å². The van der Waals surface area contributed by atoms with Gasteiger partial charge < -0.3 is 10.2 Å². The van der Waals surface area contributed by atoms with Crippen molar-refractivity contribution < 1.29 is 9.18 Å². The van der Waals surface area contributed by atoms with Crippen molar-refractivity contribution in [2.24, 2.45) is 0 Å². The van der Waals surface area contributed by atoms with Gasteiger partial charge in [-0.15, -0.1) is 0 Å². The maximum atomic E-state index is 13.2. The molecule has 0 unspecified atom stereocenters. The van der Waals surface area contributed by atoms with Gasteiger partial charge in [-0.05, 0) is 18.2 Å². The molecule has 1 aromatic carbocycles. The molecule has 0 bridgehead atoms. The second-order valence-electron chi connectivity index (χ2n) is 5.63. The highest BCUT2D eigenvalue weighted by molar-refractivity contribution is 6.33. The van der Waals surface area contributed by atoms with Crippen molar-refractivity contribution >= 4 is 28.9 Å². The molecule has 0 spiro atoms. The van der Waals surface area contributed by atoms with Crippen LogP contribution in [0.25, 0.3) is 0 Å². The average molecular weight is 349 g/mol. The summed E-state index contributed by atoms with van der Waals surface area (Å²) < 4.78 is 13.2. The molecule has 0 radical (unpaired) electrons. The highest BCUT2D eigenvalue weighted by Crippen LogP contribution is 2.20. The number of nitrogens with zero attached hydrogens (tertiary/aromatic N) is 3. The van der Waals surface area contributed by atoms with Gasteiger partial charge in [0.2, 0.25) is 11.9 Å². The van der Waals surface area contributed by atoms with Crippen LogP contribution in [0.1, 0.15) is 0 Å². The van der Waals surface area contributed by atoms with Crippen molar-refractivity contribution in [2.45, 2.75) is 0 Å². The van der Waals surface area contributed by atoms with Gasteiger partial charge in [-0.25, -0.2) is 4.98 Å². The van der Waals surface area contributed by atoms with Crippen LogP contribution in [-0.4, -0.2) is 48.5 Å². The SMILES string of the molecule is O=C(CN1CCN(c2ccnc(F)c2)CC1)Nc1ccccc1Cl. The first kappa shape index (κ1) is 16.7. The average Bonchev–Trinajstić information content (AvgIpc) is 2.58. The maximum Gasteiger partial charge on any atom is 0.238 e. The van der Waals surface area contributed by atoms with Crippen LogP contribution in [-0.2, 0) is 4.79 Å². The Morgan fingerprint density at radius 3 is 2.67 bits per heavy atom. The number of amides is 1. The lowest BCUT2D eigenvalue weighted by molar-refractivity contribution is -0.117. The smallest absolute Gasteiger partial charge is 0.238 e. The zero-order valence-electron chi connectivity index (χ0n) is 13.1. The van der Waals surface area contributed by atoms with Crippen molar-refractivity contribution in [3.63, 3.8) is 0 Å². The molecule has 2 aromatic rings. The molecule has 1 aliphatic rings. The molecule has 1 fully saturated rings. The number of hydrogen-bond donors (Lipinski definition) is 1. The number of carbonyl (C=O) groups is 1. The summed E-state index contributed by atoms with van der Waals surface area (Å²) >= 11 is 6.04. The number of piperazine rings is 1. The number of hydrogen-bond acceptors (Lipinski definition) is 4. The standard InChI is InChI=1S/C17H18ClFN4O/c18-14-3-1-2-4-15(14)21-17(24)12-22-7-9-23(10-8-22)13-5-6-20-16(19)11-13/h1-6,11H,7-10,12H2,(H,21,24). The summed E-state index contributed by atoms with van der Waals surface area (Å²) in [5.41, 5.74) is 1.44. The van der Waals surface area contributed by atoms with E-state index in [1.54, 1.807) is 18.2 Å². The van der Waals surface area contributed by atoms with Gasteiger partial charge in [-0.1, -0.05) is 23.7 Å². The molecule has 3 rings (SSSR count). The van der Waals surface area contributed by atoms with Gasteiger partial charge in [-0.2, -0.15) is 4.39 Å². The van der Waals surface area contributed by atoms with Crippen LogP contribution in [0.5, 0.6) is 0 Å². The van der Waals surface area contributed by atoms with Crippen molar-refractivity contribution in [1.29, 1.82) is 0 Å². The van der Waals surface area contributed by atoms with E-state index < -0.39 is 5.95 Å². The molecule has 1 aromatic heterocycles. The van der Waals surface area contributed by atoms with E-state index in [2.05, 4.69) is 20.1 Å². The highest BCUT2D eigenvalue weighted by Gasteiger charge is 2.19. The number of halogens is 2. The summed E-state index contributed by atoms with van der Waals surface area (Å²) in [5, 5.41) is 3.35. The predicted molar refractivity (Wildman–Crippen MR) is 92.9 cm³/mol. The topological polar surface area (TPSA) is 48.5 Å². The molecule has 0 saturated carbocycles.